The van der Waals surface area contributed by atoms with Crippen molar-refractivity contribution < 1.29 is 8.78 Å². The maximum absolute atomic E-state index is 13.4. The Hall–Kier alpha value is -1.65. The highest BCUT2D eigenvalue weighted by atomic mass is 19.1. The van der Waals surface area contributed by atoms with Crippen LogP contribution in [0.2, 0.25) is 0 Å². The van der Waals surface area contributed by atoms with Gasteiger partial charge >= 0.3 is 0 Å². The van der Waals surface area contributed by atoms with E-state index in [-0.39, 0.29) is 12.1 Å². The van der Waals surface area contributed by atoms with Crippen molar-refractivity contribution in [1.29, 1.82) is 0 Å². The second-order valence-corrected chi connectivity index (χ2v) is 4.81. The van der Waals surface area contributed by atoms with Crippen LogP contribution >= 0.6 is 0 Å². The summed E-state index contributed by atoms with van der Waals surface area (Å²) in [4.78, 5) is 6.19. The zero-order valence-electron chi connectivity index (χ0n) is 10.9. The second-order valence-electron chi connectivity index (χ2n) is 4.81. The molecule has 0 bridgehead atoms. The summed E-state index contributed by atoms with van der Waals surface area (Å²) >= 11 is 0. The fourth-order valence-corrected chi connectivity index (χ4v) is 2.23. The van der Waals surface area contributed by atoms with E-state index in [1.807, 2.05) is 4.90 Å². The molecule has 19 heavy (non-hydrogen) atoms. The maximum atomic E-state index is 13.4. The predicted molar refractivity (Wildman–Crippen MR) is 71.7 cm³/mol. The topological polar surface area (TPSA) is 41.6 Å². The van der Waals surface area contributed by atoms with Crippen molar-refractivity contribution in [1.82, 2.24) is 4.90 Å². The van der Waals surface area contributed by atoms with Crippen molar-refractivity contribution >= 4 is 5.96 Å². The standard InChI is InChI=1S/C14H19F2N3/c15-12-5-6-13(16)11(9-12)10-18-14(17)19-7-3-1-2-4-8-19/h5-6,9H,1-4,7-8,10H2,(H2,17,18). The van der Waals surface area contributed by atoms with E-state index in [4.69, 9.17) is 5.73 Å². The van der Waals surface area contributed by atoms with Crippen LogP contribution in [0.3, 0.4) is 0 Å². The minimum atomic E-state index is -0.458. The van der Waals surface area contributed by atoms with E-state index >= 15 is 0 Å². The highest BCUT2D eigenvalue weighted by Gasteiger charge is 2.11. The zero-order valence-corrected chi connectivity index (χ0v) is 10.9. The van der Waals surface area contributed by atoms with Gasteiger partial charge in [-0.1, -0.05) is 12.8 Å². The lowest BCUT2D eigenvalue weighted by Gasteiger charge is -2.21. The van der Waals surface area contributed by atoms with Gasteiger partial charge in [-0.25, -0.2) is 13.8 Å². The van der Waals surface area contributed by atoms with Gasteiger partial charge in [0.05, 0.1) is 6.54 Å². The highest BCUT2D eigenvalue weighted by Crippen LogP contribution is 2.12. The molecule has 5 heteroatoms. The summed E-state index contributed by atoms with van der Waals surface area (Å²) in [5.41, 5.74) is 6.15. The van der Waals surface area contributed by atoms with E-state index in [9.17, 15) is 8.78 Å². The number of hydrogen-bond acceptors (Lipinski definition) is 1. The maximum Gasteiger partial charge on any atom is 0.191 e. The van der Waals surface area contributed by atoms with E-state index in [0.717, 1.165) is 44.1 Å². The summed E-state index contributed by atoms with van der Waals surface area (Å²) in [5, 5.41) is 0. The van der Waals surface area contributed by atoms with Gasteiger partial charge in [0.2, 0.25) is 0 Å². The number of nitrogens with two attached hydrogens (primary N) is 1. The van der Waals surface area contributed by atoms with Gasteiger partial charge in [-0.2, -0.15) is 0 Å². The molecule has 0 radical (unpaired) electrons. The Morgan fingerprint density at radius 3 is 2.53 bits per heavy atom. The van der Waals surface area contributed by atoms with Gasteiger partial charge in [0.1, 0.15) is 11.6 Å². The smallest absolute Gasteiger partial charge is 0.191 e. The van der Waals surface area contributed by atoms with Crippen LogP contribution in [0.25, 0.3) is 0 Å². The lowest BCUT2D eigenvalue weighted by atomic mass is 10.2. The third kappa shape index (κ3) is 3.91. The summed E-state index contributed by atoms with van der Waals surface area (Å²) in [6.07, 6.45) is 4.62. The van der Waals surface area contributed by atoms with Gasteiger partial charge in [-0.15, -0.1) is 0 Å². The zero-order chi connectivity index (χ0) is 13.7. The summed E-state index contributed by atoms with van der Waals surface area (Å²) < 4.78 is 26.5. The Morgan fingerprint density at radius 2 is 1.84 bits per heavy atom. The third-order valence-corrected chi connectivity index (χ3v) is 3.35. The van der Waals surface area contributed by atoms with E-state index in [1.165, 1.54) is 12.8 Å². The molecular formula is C14H19F2N3. The van der Waals surface area contributed by atoms with Crippen LogP contribution in [0.15, 0.2) is 23.2 Å². The Kier molecular flexibility index (Phi) is 4.71. The first-order valence-corrected chi connectivity index (χ1v) is 6.65. The normalized spacial score (nSPS) is 17.4. The number of hydrogen-bond donors (Lipinski definition) is 1. The van der Waals surface area contributed by atoms with Gasteiger partial charge in [0, 0.05) is 18.7 Å². The largest absolute Gasteiger partial charge is 0.370 e. The molecule has 0 aliphatic carbocycles. The summed E-state index contributed by atoms with van der Waals surface area (Å²) in [7, 11) is 0. The van der Waals surface area contributed by atoms with Crippen LogP contribution in [0.4, 0.5) is 8.78 Å². The first-order valence-electron chi connectivity index (χ1n) is 6.65. The molecule has 1 saturated heterocycles. The highest BCUT2D eigenvalue weighted by molar-refractivity contribution is 5.78. The quantitative estimate of drug-likeness (QED) is 0.661. The van der Waals surface area contributed by atoms with Crippen LogP contribution < -0.4 is 5.73 Å². The molecule has 0 atom stereocenters. The fourth-order valence-electron chi connectivity index (χ4n) is 2.23. The summed E-state index contributed by atoms with van der Waals surface area (Å²) in [5.74, 6) is -0.487. The van der Waals surface area contributed by atoms with E-state index in [0.29, 0.717) is 5.96 Å². The molecule has 1 fully saturated rings. The van der Waals surface area contributed by atoms with Crippen LogP contribution in [0, 0.1) is 11.6 Å². The van der Waals surface area contributed by atoms with Crippen molar-refractivity contribution in [2.24, 2.45) is 10.7 Å². The van der Waals surface area contributed by atoms with Crippen molar-refractivity contribution in [3.63, 3.8) is 0 Å². The number of benzene rings is 1. The van der Waals surface area contributed by atoms with Crippen LogP contribution in [0.5, 0.6) is 0 Å². The number of likely N-dealkylation sites (tertiary alicyclic amines) is 1. The van der Waals surface area contributed by atoms with Crippen molar-refractivity contribution in [3.8, 4) is 0 Å². The van der Waals surface area contributed by atoms with E-state index in [2.05, 4.69) is 4.99 Å². The fraction of sp³-hybridized carbons (Fsp3) is 0.500. The van der Waals surface area contributed by atoms with Gasteiger partial charge < -0.3 is 10.6 Å². The number of nitrogens with zero attached hydrogens (tertiary/aromatic N) is 2. The number of rotatable bonds is 2. The number of aliphatic imine (C=N–C) groups is 1. The minimum absolute atomic E-state index is 0.0753. The first kappa shape index (κ1) is 13.8. The molecule has 2 N–H and O–H groups in total. The molecule has 3 nitrogen and oxygen atoms in total. The van der Waals surface area contributed by atoms with Crippen LogP contribution in [-0.2, 0) is 6.54 Å². The van der Waals surface area contributed by atoms with Crippen LogP contribution in [-0.4, -0.2) is 23.9 Å². The molecule has 1 heterocycles. The lowest BCUT2D eigenvalue weighted by molar-refractivity contribution is 0.428. The molecule has 0 saturated carbocycles. The number of guanidine groups is 1. The molecule has 0 unspecified atom stereocenters. The summed E-state index contributed by atoms with van der Waals surface area (Å²) in [6.45, 7) is 1.86. The van der Waals surface area contributed by atoms with Crippen molar-refractivity contribution in [2.75, 3.05) is 13.1 Å². The monoisotopic (exact) mass is 267 g/mol. The average Bonchev–Trinajstić information content (AvgIpc) is 2.68. The van der Waals surface area contributed by atoms with Gasteiger partial charge in [-0.05, 0) is 31.0 Å². The molecule has 1 aromatic carbocycles. The molecule has 1 aromatic rings. The predicted octanol–water partition coefficient (Wildman–Crippen LogP) is 2.66. The third-order valence-electron chi connectivity index (χ3n) is 3.35. The molecule has 1 aliphatic heterocycles. The Morgan fingerprint density at radius 1 is 1.16 bits per heavy atom. The van der Waals surface area contributed by atoms with E-state index in [1.54, 1.807) is 0 Å². The van der Waals surface area contributed by atoms with Gasteiger partial charge in [0.25, 0.3) is 0 Å². The molecule has 104 valence electrons. The molecule has 1 aliphatic rings. The SMILES string of the molecule is NC(=NCc1cc(F)ccc1F)N1CCCCCC1. The van der Waals surface area contributed by atoms with Gasteiger partial charge in [0.15, 0.2) is 5.96 Å². The average molecular weight is 267 g/mol. The van der Waals surface area contributed by atoms with Crippen molar-refractivity contribution in [2.45, 2.75) is 32.2 Å². The van der Waals surface area contributed by atoms with Crippen molar-refractivity contribution in [3.05, 3.63) is 35.4 Å². The van der Waals surface area contributed by atoms with Gasteiger partial charge in [-0.3, -0.25) is 0 Å². The molecular weight excluding hydrogens is 248 g/mol. The molecule has 0 amide bonds. The minimum Gasteiger partial charge on any atom is -0.370 e. The molecule has 0 aromatic heterocycles. The van der Waals surface area contributed by atoms with E-state index < -0.39 is 11.6 Å². The second kappa shape index (κ2) is 6.50. The molecule has 0 spiro atoms. The number of halogens is 2. The Labute approximate surface area is 112 Å². The summed E-state index contributed by atoms with van der Waals surface area (Å²) in [6, 6.07) is 3.37. The lowest BCUT2D eigenvalue weighted by Crippen LogP contribution is -2.38. The Balaban J connectivity index is 2.02. The molecule has 2 rings (SSSR count). The first-order chi connectivity index (χ1) is 9.16. The Bertz CT molecular complexity index is 452. The van der Waals surface area contributed by atoms with Crippen LogP contribution in [0.1, 0.15) is 31.2 Å².